The molecule has 0 aromatic heterocycles. The van der Waals surface area contributed by atoms with Gasteiger partial charge < -0.3 is 14.2 Å². The van der Waals surface area contributed by atoms with Gasteiger partial charge in [0.05, 0.1) is 10.5 Å². The monoisotopic (exact) mass is 325 g/mol. The van der Waals surface area contributed by atoms with Crippen molar-refractivity contribution in [3.05, 3.63) is 63.7 Å². The Morgan fingerprint density at radius 3 is 2.38 bits per heavy atom. The average molecular weight is 325 g/mol. The van der Waals surface area contributed by atoms with Gasteiger partial charge in [-0.15, -0.1) is 0 Å². The Hall–Kier alpha value is -3.35. The number of non-ortho nitro benzene ring substituents is 1. The van der Waals surface area contributed by atoms with Gasteiger partial charge in [0.25, 0.3) is 5.69 Å². The van der Waals surface area contributed by atoms with Gasteiger partial charge in [0.15, 0.2) is 11.5 Å². The number of benzene rings is 2. The Morgan fingerprint density at radius 1 is 0.917 bits per heavy atom. The van der Waals surface area contributed by atoms with E-state index in [9.17, 15) is 14.9 Å². The molecule has 0 fully saturated rings. The van der Waals surface area contributed by atoms with Crippen LogP contribution in [-0.4, -0.2) is 24.3 Å². The van der Waals surface area contributed by atoms with Crippen molar-refractivity contribution in [2.24, 2.45) is 0 Å². The maximum Gasteiger partial charge on any atom is 0.339 e. The van der Waals surface area contributed by atoms with Crippen LogP contribution in [0.25, 0.3) is 11.1 Å². The minimum Gasteiger partial charge on any atom is -0.457 e. The molecule has 0 unspecified atom stereocenters. The molecule has 2 heterocycles. The summed E-state index contributed by atoms with van der Waals surface area (Å²) in [5.74, 6) is 0.820. The van der Waals surface area contributed by atoms with Crippen LogP contribution in [-0.2, 0) is 9.53 Å². The number of rotatable bonds is 3. The maximum absolute atomic E-state index is 12.1. The molecule has 0 N–H and O–H groups in total. The van der Waals surface area contributed by atoms with E-state index >= 15 is 0 Å². The summed E-state index contributed by atoms with van der Waals surface area (Å²) in [6, 6.07) is 11.2. The lowest BCUT2D eigenvalue weighted by Gasteiger charge is -2.06. The standard InChI is InChI=1S/C17H11NO6/c19-17-16(10-1-4-12(5-2-10)18(20)21)13(8-22-17)11-3-6-14-15(7-11)24-9-23-14/h1-7H,8-9H2. The van der Waals surface area contributed by atoms with Crippen molar-refractivity contribution >= 4 is 22.8 Å². The van der Waals surface area contributed by atoms with Crippen molar-refractivity contribution in [1.82, 2.24) is 0 Å². The van der Waals surface area contributed by atoms with Crippen LogP contribution in [0.3, 0.4) is 0 Å². The second-order valence-electron chi connectivity index (χ2n) is 5.30. The van der Waals surface area contributed by atoms with E-state index in [1.807, 2.05) is 6.07 Å². The molecule has 0 amide bonds. The second kappa shape index (κ2) is 5.38. The van der Waals surface area contributed by atoms with Crippen LogP contribution in [0.15, 0.2) is 42.5 Å². The van der Waals surface area contributed by atoms with Crippen LogP contribution in [0.4, 0.5) is 5.69 Å². The lowest BCUT2D eigenvalue weighted by atomic mass is 9.96. The molecule has 0 atom stereocenters. The van der Waals surface area contributed by atoms with Gasteiger partial charge in [0.1, 0.15) is 6.61 Å². The van der Waals surface area contributed by atoms with Crippen LogP contribution in [0, 0.1) is 10.1 Å². The fourth-order valence-corrected chi connectivity index (χ4v) is 2.76. The van der Waals surface area contributed by atoms with Crippen molar-refractivity contribution in [3.8, 4) is 11.5 Å². The Kier molecular flexibility index (Phi) is 3.19. The molecule has 0 radical (unpaired) electrons. The minimum atomic E-state index is -0.482. The Bertz CT molecular complexity index is 884. The van der Waals surface area contributed by atoms with Crippen LogP contribution >= 0.6 is 0 Å². The molecular formula is C17H11NO6. The van der Waals surface area contributed by atoms with E-state index in [-0.39, 0.29) is 19.1 Å². The summed E-state index contributed by atoms with van der Waals surface area (Å²) >= 11 is 0. The highest BCUT2D eigenvalue weighted by atomic mass is 16.7. The number of carbonyl (C=O) groups excluding carboxylic acids is 1. The molecule has 0 saturated heterocycles. The zero-order valence-corrected chi connectivity index (χ0v) is 12.4. The molecule has 7 nitrogen and oxygen atoms in total. The molecule has 0 saturated carbocycles. The van der Waals surface area contributed by atoms with Gasteiger partial charge in [-0.1, -0.05) is 6.07 Å². The fraction of sp³-hybridized carbons (Fsp3) is 0.118. The Labute approximate surface area is 136 Å². The van der Waals surface area contributed by atoms with Crippen molar-refractivity contribution in [1.29, 1.82) is 0 Å². The van der Waals surface area contributed by atoms with E-state index in [0.29, 0.717) is 28.2 Å². The number of hydrogen-bond acceptors (Lipinski definition) is 6. The van der Waals surface area contributed by atoms with E-state index < -0.39 is 10.9 Å². The number of cyclic esters (lactones) is 1. The number of ether oxygens (including phenoxy) is 3. The lowest BCUT2D eigenvalue weighted by molar-refractivity contribution is -0.384. The number of nitrogens with zero attached hydrogens (tertiary/aromatic N) is 1. The van der Waals surface area contributed by atoms with Gasteiger partial charge in [-0.2, -0.15) is 0 Å². The van der Waals surface area contributed by atoms with Crippen molar-refractivity contribution in [3.63, 3.8) is 0 Å². The first-order chi connectivity index (χ1) is 11.6. The summed E-state index contributed by atoms with van der Waals surface area (Å²) in [7, 11) is 0. The van der Waals surface area contributed by atoms with E-state index in [0.717, 1.165) is 5.56 Å². The molecule has 0 spiro atoms. The third-order valence-electron chi connectivity index (χ3n) is 3.94. The zero-order chi connectivity index (χ0) is 16.7. The summed E-state index contributed by atoms with van der Waals surface area (Å²) in [5, 5.41) is 10.8. The number of carbonyl (C=O) groups is 1. The molecule has 24 heavy (non-hydrogen) atoms. The number of nitro groups is 1. The summed E-state index contributed by atoms with van der Waals surface area (Å²) in [4.78, 5) is 22.4. The van der Waals surface area contributed by atoms with Gasteiger partial charge in [0, 0.05) is 17.7 Å². The number of esters is 1. The highest BCUT2D eigenvalue weighted by molar-refractivity contribution is 6.27. The van der Waals surface area contributed by atoms with E-state index in [2.05, 4.69) is 0 Å². The van der Waals surface area contributed by atoms with Crippen molar-refractivity contribution in [2.45, 2.75) is 0 Å². The summed E-state index contributed by atoms with van der Waals surface area (Å²) in [6.07, 6.45) is 0. The van der Waals surface area contributed by atoms with Gasteiger partial charge >= 0.3 is 5.97 Å². The highest BCUT2D eigenvalue weighted by Gasteiger charge is 2.28. The lowest BCUT2D eigenvalue weighted by Crippen LogP contribution is -1.98. The molecular weight excluding hydrogens is 314 g/mol. The first-order valence-corrected chi connectivity index (χ1v) is 7.18. The molecule has 0 aliphatic carbocycles. The number of nitro benzene ring substituents is 1. The molecule has 0 bridgehead atoms. The van der Waals surface area contributed by atoms with Gasteiger partial charge in [-0.05, 0) is 35.4 Å². The smallest absolute Gasteiger partial charge is 0.339 e. The van der Waals surface area contributed by atoms with Crippen molar-refractivity contribution in [2.75, 3.05) is 13.4 Å². The summed E-state index contributed by atoms with van der Waals surface area (Å²) in [5.41, 5.74) is 2.46. The Balaban J connectivity index is 1.79. The predicted molar refractivity (Wildman–Crippen MR) is 83.4 cm³/mol. The number of hydrogen-bond donors (Lipinski definition) is 0. The topological polar surface area (TPSA) is 87.9 Å². The molecule has 2 aliphatic rings. The molecule has 2 aromatic rings. The second-order valence-corrected chi connectivity index (χ2v) is 5.30. The highest BCUT2D eigenvalue weighted by Crippen LogP contribution is 2.39. The van der Waals surface area contributed by atoms with Gasteiger partial charge in [-0.25, -0.2) is 4.79 Å². The van der Waals surface area contributed by atoms with Gasteiger partial charge in [-0.3, -0.25) is 10.1 Å². The molecule has 2 aliphatic heterocycles. The zero-order valence-electron chi connectivity index (χ0n) is 12.4. The third-order valence-corrected chi connectivity index (χ3v) is 3.94. The number of fused-ring (bicyclic) bond motifs is 1. The molecule has 7 heteroatoms. The average Bonchev–Trinajstić information content (AvgIpc) is 3.20. The van der Waals surface area contributed by atoms with E-state index in [1.54, 1.807) is 24.3 Å². The molecule has 2 aromatic carbocycles. The summed E-state index contributed by atoms with van der Waals surface area (Å²) in [6.45, 7) is 0.313. The SMILES string of the molecule is O=C1OCC(c2ccc3c(c2)OCO3)=C1c1ccc([N+](=O)[O-])cc1. The maximum atomic E-state index is 12.1. The van der Waals surface area contributed by atoms with Crippen molar-refractivity contribution < 1.29 is 23.9 Å². The molecule has 4 rings (SSSR count). The van der Waals surface area contributed by atoms with Crippen LogP contribution in [0.1, 0.15) is 11.1 Å². The predicted octanol–water partition coefficient (Wildman–Crippen LogP) is 2.79. The summed E-state index contributed by atoms with van der Waals surface area (Å²) < 4.78 is 15.8. The first-order valence-electron chi connectivity index (χ1n) is 7.18. The fourth-order valence-electron chi connectivity index (χ4n) is 2.76. The van der Waals surface area contributed by atoms with E-state index in [4.69, 9.17) is 14.2 Å². The van der Waals surface area contributed by atoms with Crippen LogP contribution in [0.5, 0.6) is 11.5 Å². The largest absolute Gasteiger partial charge is 0.457 e. The van der Waals surface area contributed by atoms with Gasteiger partial charge in [0.2, 0.25) is 6.79 Å². The molecule has 120 valence electrons. The Morgan fingerprint density at radius 2 is 1.62 bits per heavy atom. The normalized spacial score (nSPS) is 15.6. The minimum absolute atomic E-state index is 0.0321. The first kappa shape index (κ1) is 14.3. The third kappa shape index (κ3) is 2.26. The van der Waals surface area contributed by atoms with Crippen LogP contribution in [0.2, 0.25) is 0 Å². The van der Waals surface area contributed by atoms with E-state index in [1.165, 1.54) is 12.1 Å². The van der Waals surface area contributed by atoms with Crippen LogP contribution < -0.4 is 9.47 Å². The quantitative estimate of drug-likeness (QED) is 0.490.